The van der Waals surface area contributed by atoms with Crippen molar-refractivity contribution in [1.82, 2.24) is 14.4 Å². The number of hydrogen-bond acceptors (Lipinski definition) is 5. The molecule has 0 unspecified atom stereocenters. The van der Waals surface area contributed by atoms with E-state index in [1.807, 2.05) is 47.0 Å². The fourth-order valence-corrected chi connectivity index (χ4v) is 3.66. The van der Waals surface area contributed by atoms with E-state index in [0.29, 0.717) is 16.0 Å². The lowest BCUT2D eigenvalue weighted by Gasteiger charge is -1.97. The molecule has 3 aromatic heterocycles. The van der Waals surface area contributed by atoms with Crippen molar-refractivity contribution in [3.63, 3.8) is 0 Å². The number of pyridine rings is 1. The third-order valence-electron chi connectivity index (χ3n) is 3.74. The fourth-order valence-electron chi connectivity index (χ4n) is 2.52. The number of nitrogens with one attached hydrogen (secondary N) is 1. The Morgan fingerprint density at radius 3 is 3.04 bits per heavy atom. The molecule has 0 aliphatic carbocycles. The molecule has 6 nitrogen and oxygen atoms in total. The van der Waals surface area contributed by atoms with Crippen LogP contribution >= 0.6 is 22.9 Å². The number of halogens is 1. The van der Waals surface area contributed by atoms with E-state index in [-0.39, 0.29) is 5.91 Å². The third kappa shape index (κ3) is 3.14. The lowest BCUT2D eigenvalue weighted by molar-refractivity contribution is -0.111. The number of amides is 1. The van der Waals surface area contributed by atoms with Crippen LogP contribution < -0.4 is 10.1 Å². The van der Waals surface area contributed by atoms with Crippen molar-refractivity contribution in [2.24, 2.45) is 0 Å². The van der Waals surface area contributed by atoms with E-state index in [1.165, 1.54) is 17.4 Å². The van der Waals surface area contributed by atoms with Crippen LogP contribution in [0.2, 0.25) is 5.15 Å². The molecular formula is C18H13ClN4O2S. The highest BCUT2D eigenvalue weighted by Crippen LogP contribution is 2.29. The van der Waals surface area contributed by atoms with E-state index < -0.39 is 0 Å². The van der Waals surface area contributed by atoms with Gasteiger partial charge in [0.25, 0.3) is 0 Å². The van der Waals surface area contributed by atoms with Crippen LogP contribution in [0.25, 0.3) is 21.9 Å². The molecule has 0 saturated carbocycles. The molecule has 0 aliphatic heterocycles. The van der Waals surface area contributed by atoms with E-state index in [4.69, 9.17) is 16.3 Å². The molecule has 4 aromatic rings. The molecule has 0 aliphatic rings. The first kappa shape index (κ1) is 16.6. The Kier molecular flexibility index (Phi) is 4.32. The van der Waals surface area contributed by atoms with Crippen molar-refractivity contribution in [2.75, 3.05) is 12.4 Å². The zero-order chi connectivity index (χ0) is 18.1. The molecule has 1 amide bonds. The Bertz CT molecular complexity index is 1150. The molecule has 0 fully saturated rings. The van der Waals surface area contributed by atoms with Crippen LogP contribution in [0.1, 0.15) is 5.69 Å². The van der Waals surface area contributed by atoms with Crippen molar-refractivity contribution < 1.29 is 9.53 Å². The highest BCUT2D eigenvalue weighted by atomic mass is 35.5. The summed E-state index contributed by atoms with van der Waals surface area (Å²) in [6.07, 6.45) is 4.88. The van der Waals surface area contributed by atoms with E-state index in [1.54, 1.807) is 13.2 Å². The lowest BCUT2D eigenvalue weighted by Crippen LogP contribution is -2.07. The molecule has 130 valence electrons. The van der Waals surface area contributed by atoms with Crippen LogP contribution in [-0.4, -0.2) is 27.4 Å². The summed E-state index contributed by atoms with van der Waals surface area (Å²) in [6.45, 7) is 0. The lowest BCUT2D eigenvalue weighted by atomic mass is 10.3. The Labute approximate surface area is 157 Å². The largest absolute Gasteiger partial charge is 0.497 e. The van der Waals surface area contributed by atoms with E-state index in [0.717, 1.165) is 21.6 Å². The van der Waals surface area contributed by atoms with Crippen LogP contribution in [0, 0.1) is 0 Å². The average molecular weight is 385 g/mol. The molecule has 8 heteroatoms. The van der Waals surface area contributed by atoms with Gasteiger partial charge >= 0.3 is 0 Å². The Hall–Kier alpha value is -2.90. The summed E-state index contributed by atoms with van der Waals surface area (Å²) in [4.78, 5) is 20.9. The summed E-state index contributed by atoms with van der Waals surface area (Å²) in [7, 11) is 1.61. The molecule has 0 saturated heterocycles. The van der Waals surface area contributed by atoms with Crippen molar-refractivity contribution in [2.45, 2.75) is 0 Å². The van der Waals surface area contributed by atoms with Gasteiger partial charge in [-0.15, -0.1) is 0 Å². The zero-order valence-electron chi connectivity index (χ0n) is 13.6. The van der Waals surface area contributed by atoms with Gasteiger partial charge in [-0.3, -0.25) is 14.5 Å². The van der Waals surface area contributed by atoms with Crippen molar-refractivity contribution in [3.8, 4) is 5.75 Å². The molecule has 3 heterocycles. The standard InChI is InChI=1S/C18H13ClN4O2S/c1-25-11-5-6-12-14(10-11)26-18(20-12)22-16(24)8-7-13-17(19)21-15-4-2-3-9-23(13)15/h2-10H,1H3,(H,20,22,24)/b8-7+. The molecule has 0 bridgehead atoms. The van der Waals surface area contributed by atoms with Gasteiger partial charge in [0.2, 0.25) is 5.91 Å². The number of methoxy groups -OCH3 is 1. The minimum absolute atomic E-state index is 0.294. The number of carbonyl (C=O) groups is 1. The van der Waals surface area contributed by atoms with E-state index in [9.17, 15) is 4.79 Å². The zero-order valence-corrected chi connectivity index (χ0v) is 15.2. The normalized spacial score (nSPS) is 11.5. The fraction of sp³-hybridized carbons (Fsp3) is 0.0556. The smallest absolute Gasteiger partial charge is 0.250 e. The monoisotopic (exact) mass is 384 g/mol. The second kappa shape index (κ2) is 6.78. The van der Waals surface area contributed by atoms with Crippen molar-refractivity contribution >= 4 is 55.9 Å². The maximum Gasteiger partial charge on any atom is 0.250 e. The van der Waals surface area contributed by atoms with Crippen LogP contribution in [-0.2, 0) is 4.79 Å². The van der Waals surface area contributed by atoms with Gasteiger partial charge < -0.3 is 4.74 Å². The number of thiazole rings is 1. The molecule has 0 spiro atoms. The highest BCUT2D eigenvalue weighted by molar-refractivity contribution is 7.22. The number of benzene rings is 1. The number of aromatic nitrogens is 3. The first-order chi connectivity index (χ1) is 12.6. The van der Waals surface area contributed by atoms with Gasteiger partial charge in [-0.2, -0.15) is 0 Å². The summed E-state index contributed by atoms with van der Waals surface area (Å²) in [6, 6.07) is 11.2. The van der Waals surface area contributed by atoms with Crippen LogP contribution in [0.5, 0.6) is 5.75 Å². The number of rotatable bonds is 4. The van der Waals surface area contributed by atoms with Crippen LogP contribution in [0.4, 0.5) is 5.13 Å². The molecular weight excluding hydrogens is 372 g/mol. The van der Waals surface area contributed by atoms with Crippen LogP contribution in [0.3, 0.4) is 0 Å². The molecule has 1 aromatic carbocycles. The van der Waals surface area contributed by atoms with Crippen molar-refractivity contribution in [1.29, 1.82) is 0 Å². The first-order valence-corrected chi connectivity index (χ1v) is 8.90. The summed E-state index contributed by atoms with van der Waals surface area (Å²) in [5.74, 6) is 0.458. The SMILES string of the molecule is COc1ccc2nc(NC(=O)/C=C/c3c(Cl)nc4ccccn34)sc2c1. The average Bonchev–Trinajstić information content (AvgIpc) is 3.18. The van der Waals surface area contributed by atoms with Gasteiger partial charge in [0, 0.05) is 12.3 Å². The molecule has 0 radical (unpaired) electrons. The second-order valence-electron chi connectivity index (χ2n) is 5.39. The molecule has 4 rings (SSSR count). The highest BCUT2D eigenvalue weighted by Gasteiger charge is 2.09. The minimum atomic E-state index is -0.294. The van der Waals surface area contributed by atoms with E-state index >= 15 is 0 Å². The number of imidazole rings is 1. The molecule has 0 atom stereocenters. The van der Waals surface area contributed by atoms with Gasteiger partial charge in [-0.1, -0.05) is 29.0 Å². The summed E-state index contributed by atoms with van der Waals surface area (Å²) in [5, 5.41) is 3.63. The number of anilines is 1. The number of fused-ring (bicyclic) bond motifs is 2. The Balaban J connectivity index is 1.55. The topological polar surface area (TPSA) is 68.5 Å². The van der Waals surface area contributed by atoms with E-state index in [2.05, 4.69) is 15.3 Å². The Morgan fingerprint density at radius 2 is 2.19 bits per heavy atom. The maximum atomic E-state index is 12.2. The van der Waals surface area contributed by atoms with Crippen LogP contribution in [0.15, 0.2) is 48.7 Å². The quantitative estimate of drug-likeness (QED) is 0.534. The van der Waals surface area contributed by atoms with Gasteiger partial charge in [0.1, 0.15) is 11.4 Å². The summed E-state index contributed by atoms with van der Waals surface area (Å²) >= 11 is 7.54. The van der Waals surface area contributed by atoms with Gasteiger partial charge in [-0.05, 0) is 36.4 Å². The number of carbonyl (C=O) groups excluding carboxylic acids is 1. The second-order valence-corrected chi connectivity index (χ2v) is 6.78. The third-order valence-corrected chi connectivity index (χ3v) is 4.95. The minimum Gasteiger partial charge on any atom is -0.497 e. The van der Waals surface area contributed by atoms with Gasteiger partial charge in [0.05, 0.1) is 23.0 Å². The van der Waals surface area contributed by atoms with Crippen molar-refractivity contribution in [3.05, 3.63) is 59.5 Å². The maximum absolute atomic E-state index is 12.2. The Morgan fingerprint density at radius 1 is 1.31 bits per heavy atom. The summed E-state index contributed by atoms with van der Waals surface area (Å²) in [5.41, 5.74) is 2.17. The number of hydrogen-bond donors (Lipinski definition) is 1. The molecule has 26 heavy (non-hydrogen) atoms. The van der Waals surface area contributed by atoms with Gasteiger partial charge in [-0.25, -0.2) is 9.97 Å². The summed E-state index contributed by atoms with van der Waals surface area (Å²) < 4.78 is 7.95. The predicted molar refractivity (Wildman–Crippen MR) is 104 cm³/mol. The first-order valence-electron chi connectivity index (χ1n) is 7.70. The number of ether oxygens (including phenoxy) is 1. The van der Waals surface area contributed by atoms with Gasteiger partial charge in [0.15, 0.2) is 10.3 Å². The molecule has 1 N–H and O–H groups in total. The predicted octanol–water partition coefficient (Wildman–Crippen LogP) is 4.26. The number of nitrogens with zero attached hydrogens (tertiary/aromatic N) is 3.